The highest BCUT2D eigenvalue weighted by Crippen LogP contribution is 2.32. The highest BCUT2D eigenvalue weighted by molar-refractivity contribution is 5.93. The lowest BCUT2D eigenvalue weighted by Crippen LogP contribution is -2.22. The van der Waals surface area contributed by atoms with E-state index in [1.807, 2.05) is 6.92 Å². The molecule has 1 aromatic carbocycles. The molecule has 0 amide bonds. The second-order valence-electron chi connectivity index (χ2n) is 5.67. The van der Waals surface area contributed by atoms with Gasteiger partial charge in [-0.3, -0.25) is 9.36 Å². The average molecular weight is 358 g/mol. The zero-order valence-corrected chi connectivity index (χ0v) is 14.8. The first-order valence-electron chi connectivity index (χ1n) is 7.94. The summed E-state index contributed by atoms with van der Waals surface area (Å²) in [5.74, 6) is -1.07. The van der Waals surface area contributed by atoms with E-state index in [-0.39, 0.29) is 11.3 Å². The molecule has 1 N–H and O–H groups in total. The topological polar surface area (TPSA) is 104 Å². The molecule has 0 saturated carbocycles. The number of hydrogen-bond donors (Lipinski definition) is 1. The molecule has 2 heterocycles. The lowest BCUT2D eigenvalue weighted by atomic mass is 10.00. The maximum atomic E-state index is 12.5. The predicted molar refractivity (Wildman–Crippen MR) is 94.8 cm³/mol. The van der Waals surface area contributed by atoms with Gasteiger partial charge in [-0.1, -0.05) is 13.0 Å². The van der Waals surface area contributed by atoms with E-state index in [2.05, 4.69) is 9.72 Å². The third-order valence-electron chi connectivity index (χ3n) is 4.30. The zero-order chi connectivity index (χ0) is 19.0. The van der Waals surface area contributed by atoms with Crippen LogP contribution in [0, 0.1) is 0 Å². The molecule has 136 valence electrons. The molecule has 0 aliphatic carbocycles. The summed E-state index contributed by atoms with van der Waals surface area (Å²) >= 11 is 0. The molecule has 0 aliphatic rings. The van der Waals surface area contributed by atoms with E-state index in [0.29, 0.717) is 34.3 Å². The summed E-state index contributed by atoms with van der Waals surface area (Å²) in [6, 6.07) is 5.16. The minimum absolute atomic E-state index is 0.174. The molecular weight excluding hydrogens is 340 g/mol. The molecule has 0 fully saturated rings. The number of fused-ring (bicyclic) bond motifs is 1. The molecule has 2 aromatic heterocycles. The Morgan fingerprint density at radius 2 is 2.00 bits per heavy atom. The molecule has 0 unspecified atom stereocenters. The van der Waals surface area contributed by atoms with Crippen LogP contribution in [0.3, 0.4) is 0 Å². The van der Waals surface area contributed by atoms with Crippen molar-refractivity contribution < 1.29 is 18.7 Å². The Morgan fingerprint density at radius 3 is 2.62 bits per heavy atom. The standard InChI is InChI=1S/C18H18N2O6/c1-5-10-14(19-16(21)13(15(10)24-3)17(22)25-4)9-6-7-11-12(8-9)26-18(23)20(11)2/h6-8H,5H2,1-4H3,(H,19,21). The van der Waals surface area contributed by atoms with Crippen molar-refractivity contribution in [3.63, 3.8) is 0 Å². The van der Waals surface area contributed by atoms with Crippen LogP contribution in [0.25, 0.3) is 22.4 Å². The summed E-state index contributed by atoms with van der Waals surface area (Å²) in [7, 11) is 4.21. The SMILES string of the molecule is CCc1c(-c2ccc3c(c2)oc(=O)n3C)[nH]c(=O)c(C(=O)OC)c1OC. The Bertz CT molecular complexity index is 1120. The molecule has 3 rings (SSSR count). The van der Waals surface area contributed by atoms with E-state index in [1.165, 1.54) is 18.8 Å². The van der Waals surface area contributed by atoms with Gasteiger partial charge in [0.15, 0.2) is 11.1 Å². The molecule has 0 aliphatic heterocycles. The fraction of sp³-hybridized carbons (Fsp3) is 0.278. The minimum Gasteiger partial charge on any atom is -0.495 e. The van der Waals surface area contributed by atoms with Gasteiger partial charge < -0.3 is 18.9 Å². The molecule has 3 aromatic rings. The normalized spacial score (nSPS) is 10.9. The molecule has 0 saturated heterocycles. The van der Waals surface area contributed by atoms with Crippen LogP contribution in [0.5, 0.6) is 5.75 Å². The van der Waals surface area contributed by atoms with Crippen LogP contribution in [-0.4, -0.2) is 29.7 Å². The predicted octanol–water partition coefficient (Wildman–Crippen LogP) is 1.84. The van der Waals surface area contributed by atoms with E-state index in [1.54, 1.807) is 25.2 Å². The second kappa shape index (κ2) is 6.55. The molecule has 0 atom stereocenters. The summed E-state index contributed by atoms with van der Waals surface area (Å²) in [5.41, 5.74) is 2.01. The lowest BCUT2D eigenvalue weighted by Gasteiger charge is -2.15. The van der Waals surface area contributed by atoms with Gasteiger partial charge in [-0.2, -0.15) is 0 Å². The average Bonchev–Trinajstić information content (AvgIpc) is 2.93. The van der Waals surface area contributed by atoms with Gasteiger partial charge in [0.1, 0.15) is 5.75 Å². The number of ether oxygens (including phenoxy) is 2. The van der Waals surface area contributed by atoms with Gasteiger partial charge in [0.2, 0.25) is 0 Å². The molecule has 0 radical (unpaired) electrons. The number of oxazole rings is 1. The summed E-state index contributed by atoms with van der Waals surface area (Å²) in [6.45, 7) is 1.88. The van der Waals surface area contributed by atoms with Crippen molar-refractivity contribution in [1.82, 2.24) is 9.55 Å². The smallest absolute Gasteiger partial charge is 0.419 e. The molecule has 0 bridgehead atoms. The number of carbonyl (C=O) groups excluding carboxylic acids is 1. The third kappa shape index (κ3) is 2.59. The van der Waals surface area contributed by atoms with Gasteiger partial charge in [0.25, 0.3) is 5.56 Å². The van der Waals surface area contributed by atoms with Crippen molar-refractivity contribution in [2.45, 2.75) is 13.3 Å². The molecular formula is C18H18N2O6. The quantitative estimate of drug-likeness (QED) is 0.714. The number of carbonyl (C=O) groups is 1. The number of esters is 1. The fourth-order valence-electron chi connectivity index (χ4n) is 3.00. The number of H-pyrrole nitrogens is 1. The van der Waals surface area contributed by atoms with Crippen LogP contribution in [0.1, 0.15) is 22.8 Å². The van der Waals surface area contributed by atoms with Crippen molar-refractivity contribution in [2.24, 2.45) is 7.05 Å². The summed E-state index contributed by atoms with van der Waals surface area (Å²) in [6.07, 6.45) is 0.496. The number of rotatable bonds is 4. The van der Waals surface area contributed by atoms with Crippen molar-refractivity contribution in [2.75, 3.05) is 14.2 Å². The first-order valence-corrected chi connectivity index (χ1v) is 7.94. The number of aromatic amines is 1. The second-order valence-corrected chi connectivity index (χ2v) is 5.67. The number of aromatic nitrogens is 2. The van der Waals surface area contributed by atoms with E-state index in [0.717, 1.165) is 0 Å². The Labute approximate surface area is 148 Å². The largest absolute Gasteiger partial charge is 0.495 e. The Morgan fingerprint density at radius 1 is 1.27 bits per heavy atom. The molecule has 26 heavy (non-hydrogen) atoms. The van der Waals surface area contributed by atoms with E-state index in [9.17, 15) is 14.4 Å². The summed E-state index contributed by atoms with van der Waals surface area (Å²) in [4.78, 5) is 38.8. The summed E-state index contributed by atoms with van der Waals surface area (Å²) in [5, 5.41) is 0. The zero-order valence-electron chi connectivity index (χ0n) is 14.8. The Balaban J connectivity index is 2.31. The van der Waals surface area contributed by atoms with Gasteiger partial charge in [0.05, 0.1) is 25.4 Å². The maximum Gasteiger partial charge on any atom is 0.419 e. The van der Waals surface area contributed by atoms with Gasteiger partial charge >= 0.3 is 11.7 Å². The van der Waals surface area contributed by atoms with Gasteiger partial charge in [-0.15, -0.1) is 0 Å². The van der Waals surface area contributed by atoms with Crippen LogP contribution < -0.4 is 16.1 Å². The van der Waals surface area contributed by atoms with Crippen molar-refractivity contribution >= 4 is 17.1 Å². The van der Waals surface area contributed by atoms with E-state index >= 15 is 0 Å². The third-order valence-corrected chi connectivity index (χ3v) is 4.30. The van der Waals surface area contributed by atoms with Gasteiger partial charge in [-0.05, 0) is 18.6 Å². The number of benzene rings is 1. The van der Waals surface area contributed by atoms with Crippen molar-refractivity contribution in [1.29, 1.82) is 0 Å². The minimum atomic E-state index is -0.770. The first kappa shape index (κ1) is 17.5. The summed E-state index contributed by atoms with van der Waals surface area (Å²) < 4.78 is 16.6. The van der Waals surface area contributed by atoms with Crippen LogP contribution in [0.2, 0.25) is 0 Å². The van der Waals surface area contributed by atoms with Crippen molar-refractivity contribution in [3.05, 3.63) is 50.2 Å². The van der Waals surface area contributed by atoms with Crippen molar-refractivity contribution in [3.8, 4) is 17.0 Å². The lowest BCUT2D eigenvalue weighted by molar-refractivity contribution is 0.0594. The first-order chi connectivity index (χ1) is 12.4. The van der Waals surface area contributed by atoms with Crippen LogP contribution in [0.15, 0.2) is 32.2 Å². The fourth-order valence-corrected chi connectivity index (χ4v) is 3.00. The molecule has 8 heteroatoms. The monoisotopic (exact) mass is 358 g/mol. The van der Waals surface area contributed by atoms with Crippen LogP contribution in [-0.2, 0) is 18.2 Å². The molecule has 0 spiro atoms. The number of nitrogens with one attached hydrogen (secondary N) is 1. The Hall–Kier alpha value is -3.29. The van der Waals surface area contributed by atoms with Gasteiger partial charge in [-0.25, -0.2) is 9.59 Å². The maximum absolute atomic E-state index is 12.5. The van der Waals surface area contributed by atoms with Gasteiger partial charge in [0, 0.05) is 18.2 Å². The highest BCUT2D eigenvalue weighted by atomic mass is 16.5. The van der Waals surface area contributed by atoms with Crippen LogP contribution >= 0.6 is 0 Å². The number of hydrogen-bond acceptors (Lipinski definition) is 6. The number of aryl methyl sites for hydroxylation is 1. The number of pyridine rings is 1. The highest BCUT2D eigenvalue weighted by Gasteiger charge is 2.24. The van der Waals surface area contributed by atoms with Crippen LogP contribution in [0.4, 0.5) is 0 Å². The number of nitrogens with zero attached hydrogens (tertiary/aromatic N) is 1. The van der Waals surface area contributed by atoms with E-state index in [4.69, 9.17) is 9.15 Å². The Kier molecular flexibility index (Phi) is 4.41. The number of methoxy groups -OCH3 is 2. The van der Waals surface area contributed by atoms with E-state index < -0.39 is 17.3 Å². The molecule has 8 nitrogen and oxygen atoms in total.